The molecule has 0 bridgehead atoms. The van der Waals surface area contributed by atoms with E-state index >= 15 is 0 Å². The summed E-state index contributed by atoms with van der Waals surface area (Å²) in [5, 5.41) is -0.743. The highest BCUT2D eigenvalue weighted by Crippen LogP contribution is 2.52. The third-order valence-corrected chi connectivity index (χ3v) is 14.6. The van der Waals surface area contributed by atoms with Crippen LogP contribution in [0.15, 0.2) is 138 Å². The van der Waals surface area contributed by atoms with Crippen LogP contribution in [0.2, 0.25) is 18.1 Å². The quantitative estimate of drug-likeness (QED) is 0.134. The highest BCUT2D eigenvalue weighted by atomic mass is 32.2. The largest absolute Gasteiger partial charge is 0.541 e. The monoisotopic (exact) mass is 649 g/mol. The van der Waals surface area contributed by atoms with Crippen LogP contribution in [0.4, 0.5) is 5.69 Å². The van der Waals surface area contributed by atoms with Crippen molar-refractivity contribution < 1.29 is 23.5 Å². The van der Waals surface area contributed by atoms with Crippen molar-refractivity contribution in [3.63, 3.8) is 0 Å². The van der Waals surface area contributed by atoms with Gasteiger partial charge in [-0.15, -0.1) is 11.8 Å². The van der Waals surface area contributed by atoms with Gasteiger partial charge in [0.15, 0.2) is 17.6 Å². The van der Waals surface area contributed by atoms with Crippen LogP contribution in [-0.4, -0.2) is 31.5 Å². The average molecular weight is 650 g/mol. The van der Waals surface area contributed by atoms with Gasteiger partial charge in [-0.1, -0.05) is 93.6 Å². The summed E-state index contributed by atoms with van der Waals surface area (Å²) < 4.78 is 20.8. The number of hydrogen-bond donors (Lipinski definition) is 0. The summed E-state index contributed by atoms with van der Waals surface area (Å²) in [7, 11) is -2.53. The van der Waals surface area contributed by atoms with E-state index in [2.05, 4.69) is 33.9 Å². The Morgan fingerprint density at radius 2 is 1.15 bits per heavy atom. The maximum absolute atomic E-state index is 14.6. The van der Waals surface area contributed by atoms with Gasteiger partial charge < -0.3 is 13.9 Å². The lowest BCUT2D eigenvalue weighted by Gasteiger charge is -2.44. The molecule has 1 heterocycles. The molecule has 0 radical (unpaired) electrons. The zero-order valence-electron chi connectivity index (χ0n) is 26.8. The number of benzene rings is 4. The summed E-state index contributed by atoms with van der Waals surface area (Å²) in [6.07, 6.45) is -0.905. The molecule has 46 heavy (non-hydrogen) atoms. The number of fused-ring (bicyclic) bond motifs is 1. The predicted molar refractivity (Wildman–Crippen MR) is 185 cm³/mol. The Morgan fingerprint density at radius 3 is 1.72 bits per heavy atom. The molecule has 6 nitrogen and oxygen atoms in total. The molecular formula is C38H39NO5SSi. The lowest BCUT2D eigenvalue weighted by atomic mass is 9.80. The maximum Gasteiger partial charge on any atom is 0.250 e. The number of ether oxygens (including phenoxy) is 2. The minimum absolute atomic E-state index is 0.167. The first-order valence-corrected chi connectivity index (χ1v) is 19.4. The second kappa shape index (κ2) is 12.8. The van der Waals surface area contributed by atoms with Crippen LogP contribution in [0.5, 0.6) is 11.5 Å². The highest BCUT2D eigenvalue weighted by Gasteiger charge is 2.62. The van der Waals surface area contributed by atoms with Gasteiger partial charge in [0.05, 0.1) is 22.8 Å². The summed E-state index contributed by atoms with van der Waals surface area (Å²) >= 11 is 1.51. The summed E-state index contributed by atoms with van der Waals surface area (Å²) in [6.45, 7) is 10.9. The Hall–Kier alpha value is -4.27. The molecule has 6 rings (SSSR count). The van der Waals surface area contributed by atoms with Crippen molar-refractivity contribution in [1.82, 2.24) is 0 Å². The van der Waals surface area contributed by atoms with E-state index in [9.17, 15) is 9.59 Å². The molecule has 2 aliphatic rings. The SMILES string of the molecule is CC(C)(C)[Si](C)(C)OC1=C(Oc2ccccc2)[C@H](Sc2ccccc2)[C@@H]2C(=O)N(c3ccccc3)C(=O)[C@@H]2[C@@H]1Oc1ccccc1. The van der Waals surface area contributed by atoms with Crippen molar-refractivity contribution in [1.29, 1.82) is 0 Å². The molecule has 1 fully saturated rings. The molecule has 0 unspecified atom stereocenters. The van der Waals surface area contributed by atoms with E-state index in [4.69, 9.17) is 13.9 Å². The van der Waals surface area contributed by atoms with Gasteiger partial charge in [-0.3, -0.25) is 9.59 Å². The number of thioether (sulfide) groups is 1. The summed E-state index contributed by atoms with van der Waals surface area (Å²) in [6, 6.07) is 38.0. The van der Waals surface area contributed by atoms with Gasteiger partial charge in [0.2, 0.25) is 20.1 Å². The topological polar surface area (TPSA) is 65.1 Å². The maximum atomic E-state index is 14.6. The number of para-hydroxylation sites is 3. The van der Waals surface area contributed by atoms with Crippen molar-refractivity contribution in [2.24, 2.45) is 11.8 Å². The minimum atomic E-state index is -2.53. The van der Waals surface area contributed by atoms with E-state index in [0.717, 1.165) is 4.90 Å². The molecule has 4 atom stereocenters. The van der Waals surface area contributed by atoms with Crippen molar-refractivity contribution in [2.75, 3.05) is 4.90 Å². The third-order valence-electron chi connectivity index (χ3n) is 8.98. The normalized spacial score (nSPS) is 21.6. The first-order valence-electron chi connectivity index (χ1n) is 15.6. The molecule has 1 saturated heterocycles. The van der Waals surface area contributed by atoms with E-state index in [1.54, 1.807) is 12.1 Å². The van der Waals surface area contributed by atoms with Crippen LogP contribution >= 0.6 is 11.8 Å². The van der Waals surface area contributed by atoms with Gasteiger partial charge in [0, 0.05) is 4.90 Å². The molecule has 1 aliphatic heterocycles. The molecule has 8 heteroatoms. The number of anilines is 1. The van der Waals surface area contributed by atoms with Gasteiger partial charge in [-0.2, -0.15) is 0 Å². The van der Waals surface area contributed by atoms with Gasteiger partial charge in [0.25, 0.3) is 0 Å². The first-order chi connectivity index (χ1) is 22.0. The summed E-state index contributed by atoms with van der Waals surface area (Å²) in [5.41, 5.74) is 0.534. The van der Waals surface area contributed by atoms with Crippen LogP contribution in [-0.2, 0) is 14.0 Å². The fourth-order valence-corrected chi connectivity index (χ4v) is 7.98. The first kappa shape index (κ1) is 31.7. The second-order valence-electron chi connectivity index (χ2n) is 13.1. The van der Waals surface area contributed by atoms with E-state index in [1.165, 1.54) is 16.7 Å². The molecule has 0 saturated carbocycles. The van der Waals surface area contributed by atoms with Crippen LogP contribution in [0, 0.1) is 11.8 Å². The van der Waals surface area contributed by atoms with Crippen molar-refractivity contribution in [2.45, 2.75) is 55.2 Å². The number of hydrogen-bond acceptors (Lipinski definition) is 6. The molecule has 2 amide bonds. The molecule has 0 aromatic heterocycles. The highest BCUT2D eigenvalue weighted by molar-refractivity contribution is 8.00. The number of carbonyl (C=O) groups excluding carboxylic acids is 2. The van der Waals surface area contributed by atoms with E-state index in [1.807, 2.05) is 109 Å². The van der Waals surface area contributed by atoms with E-state index in [-0.39, 0.29) is 16.9 Å². The lowest BCUT2D eigenvalue weighted by molar-refractivity contribution is -0.124. The van der Waals surface area contributed by atoms with Gasteiger partial charge in [-0.25, -0.2) is 4.90 Å². The predicted octanol–water partition coefficient (Wildman–Crippen LogP) is 8.73. The van der Waals surface area contributed by atoms with Gasteiger partial charge in [-0.05, 0) is 66.7 Å². The summed E-state index contributed by atoms with van der Waals surface area (Å²) in [5.74, 6) is -0.0506. The van der Waals surface area contributed by atoms with E-state index in [0.29, 0.717) is 28.7 Å². The molecule has 0 N–H and O–H groups in total. The lowest BCUT2D eigenvalue weighted by Crippen LogP contribution is -2.51. The Bertz CT molecular complexity index is 1710. The fraction of sp³-hybridized carbons (Fsp3) is 0.263. The smallest absolute Gasteiger partial charge is 0.250 e. The van der Waals surface area contributed by atoms with Gasteiger partial charge in [0.1, 0.15) is 11.5 Å². The summed E-state index contributed by atoms with van der Waals surface area (Å²) in [4.78, 5) is 31.5. The average Bonchev–Trinajstić information content (AvgIpc) is 3.31. The molecule has 0 spiro atoms. The molecule has 236 valence electrons. The minimum Gasteiger partial charge on any atom is -0.541 e. The molecule has 4 aromatic carbocycles. The van der Waals surface area contributed by atoms with Gasteiger partial charge >= 0.3 is 0 Å². The van der Waals surface area contributed by atoms with E-state index < -0.39 is 31.5 Å². The standard InChI is InChI=1S/C38H39NO5SSi/c1-38(2,3)46(4,5)44-33-32(42-27-20-12-7-13-21-27)30-31(37(41)39(36(30)40)26-18-10-6-11-19-26)35(45-29-24-16-9-17-25-29)34(33)43-28-22-14-8-15-23-28/h6-25,30-32,35H,1-5H3/t30-,31+,32-,35+/m0/s1. The molecule has 4 aromatic rings. The van der Waals surface area contributed by atoms with Crippen molar-refractivity contribution >= 4 is 37.6 Å². The number of nitrogens with zero attached hydrogens (tertiary/aromatic N) is 1. The Morgan fingerprint density at radius 1 is 0.652 bits per heavy atom. The third kappa shape index (κ3) is 6.24. The fourth-order valence-electron chi connectivity index (χ4n) is 5.59. The number of rotatable bonds is 9. The molecular weight excluding hydrogens is 611 g/mol. The Balaban J connectivity index is 1.60. The van der Waals surface area contributed by atoms with Crippen LogP contribution in [0.25, 0.3) is 0 Å². The zero-order valence-corrected chi connectivity index (χ0v) is 28.6. The zero-order chi connectivity index (χ0) is 32.5. The van der Waals surface area contributed by atoms with Crippen LogP contribution in [0.1, 0.15) is 20.8 Å². The number of imide groups is 1. The number of amides is 2. The Kier molecular flexibility index (Phi) is 8.85. The van der Waals surface area contributed by atoms with Crippen molar-refractivity contribution in [3.05, 3.63) is 133 Å². The number of carbonyl (C=O) groups is 2. The molecule has 1 aliphatic carbocycles. The van der Waals surface area contributed by atoms with Crippen LogP contribution in [0.3, 0.4) is 0 Å². The second-order valence-corrected chi connectivity index (χ2v) is 19.0. The Labute approximate surface area is 276 Å². The van der Waals surface area contributed by atoms with Crippen molar-refractivity contribution in [3.8, 4) is 11.5 Å². The van der Waals surface area contributed by atoms with Crippen LogP contribution < -0.4 is 14.4 Å².